The zero-order chi connectivity index (χ0) is 14.1. The Hall–Kier alpha value is -1.39. The van der Waals surface area contributed by atoms with Crippen LogP contribution in [0.15, 0.2) is 0 Å². The van der Waals surface area contributed by atoms with Crippen LogP contribution in [0, 0.1) is 5.92 Å². The highest BCUT2D eigenvalue weighted by molar-refractivity contribution is 5.83. The molecule has 0 bridgehead atoms. The third kappa shape index (κ3) is 8.73. The van der Waals surface area contributed by atoms with Crippen molar-refractivity contribution in [2.24, 2.45) is 5.92 Å². The lowest BCUT2D eigenvalue weighted by Crippen LogP contribution is -2.21. The van der Waals surface area contributed by atoms with Gasteiger partial charge in [-0.1, -0.05) is 13.8 Å². The first-order chi connectivity index (χ1) is 8.32. The molecular weight excluding hydrogens is 236 g/mol. The quantitative estimate of drug-likeness (QED) is 0.622. The molecule has 0 aromatic rings. The second kappa shape index (κ2) is 8.66. The highest BCUT2D eigenvalue weighted by Crippen LogP contribution is 2.03. The summed E-state index contributed by atoms with van der Waals surface area (Å²) < 4.78 is 9.81. The summed E-state index contributed by atoms with van der Waals surface area (Å²) in [5.74, 6) is -0.666. The Morgan fingerprint density at radius 3 is 2.06 bits per heavy atom. The molecule has 1 atom stereocenters. The summed E-state index contributed by atoms with van der Waals surface area (Å²) >= 11 is 0. The molecule has 18 heavy (non-hydrogen) atoms. The van der Waals surface area contributed by atoms with Gasteiger partial charge < -0.3 is 9.47 Å². The molecule has 0 aromatic heterocycles. The van der Waals surface area contributed by atoms with E-state index in [-0.39, 0.29) is 24.6 Å². The van der Waals surface area contributed by atoms with Gasteiger partial charge in [0.15, 0.2) is 11.9 Å². The third-order valence-electron chi connectivity index (χ3n) is 2.22. The van der Waals surface area contributed by atoms with E-state index in [1.807, 2.05) is 13.8 Å². The fraction of sp³-hybridized carbons (Fsp3) is 0.769. The summed E-state index contributed by atoms with van der Waals surface area (Å²) in [6.45, 7) is 7.19. The van der Waals surface area contributed by atoms with Gasteiger partial charge in [-0.25, -0.2) is 0 Å². The van der Waals surface area contributed by atoms with Crippen LogP contribution in [0.2, 0.25) is 0 Å². The lowest BCUT2D eigenvalue weighted by molar-refractivity contribution is -0.153. The maximum Gasteiger partial charge on any atom is 0.306 e. The molecule has 0 rings (SSSR count). The van der Waals surface area contributed by atoms with Crippen molar-refractivity contribution in [1.82, 2.24) is 0 Å². The molecule has 0 amide bonds. The van der Waals surface area contributed by atoms with Crippen LogP contribution in [0.1, 0.15) is 47.0 Å². The zero-order valence-corrected chi connectivity index (χ0v) is 11.5. The molecule has 0 aliphatic carbocycles. The molecule has 0 N–H and O–H groups in total. The van der Waals surface area contributed by atoms with E-state index in [2.05, 4.69) is 0 Å². The van der Waals surface area contributed by atoms with Gasteiger partial charge in [-0.15, -0.1) is 0 Å². The summed E-state index contributed by atoms with van der Waals surface area (Å²) in [5, 5.41) is 0. The minimum atomic E-state index is -0.717. The van der Waals surface area contributed by atoms with Gasteiger partial charge in [0.1, 0.15) is 0 Å². The Kier molecular flexibility index (Phi) is 8.00. The van der Waals surface area contributed by atoms with Crippen molar-refractivity contribution in [3.05, 3.63) is 0 Å². The van der Waals surface area contributed by atoms with Crippen LogP contribution in [-0.4, -0.2) is 30.4 Å². The van der Waals surface area contributed by atoms with E-state index in [1.165, 1.54) is 13.8 Å². The molecule has 104 valence electrons. The topological polar surface area (TPSA) is 69.7 Å². The van der Waals surface area contributed by atoms with Crippen molar-refractivity contribution in [3.8, 4) is 0 Å². The molecule has 5 nitrogen and oxygen atoms in total. The maximum atomic E-state index is 11.3. The number of esters is 2. The van der Waals surface area contributed by atoms with E-state index < -0.39 is 12.1 Å². The molecule has 1 unspecified atom stereocenters. The molecule has 0 saturated heterocycles. The van der Waals surface area contributed by atoms with Crippen molar-refractivity contribution in [2.45, 2.75) is 53.1 Å². The summed E-state index contributed by atoms with van der Waals surface area (Å²) in [4.78, 5) is 33.4. The first-order valence-corrected chi connectivity index (χ1v) is 6.18. The van der Waals surface area contributed by atoms with E-state index >= 15 is 0 Å². The fourth-order valence-electron chi connectivity index (χ4n) is 1.05. The summed E-state index contributed by atoms with van der Waals surface area (Å²) in [6, 6.07) is 0. The fourth-order valence-corrected chi connectivity index (χ4v) is 1.05. The largest absolute Gasteiger partial charge is 0.465 e. The van der Waals surface area contributed by atoms with Crippen LogP contribution in [0.5, 0.6) is 0 Å². The predicted molar refractivity (Wildman–Crippen MR) is 65.9 cm³/mol. The zero-order valence-electron chi connectivity index (χ0n) is 11.5. The molecule has 0 aliphatic rings. The second-order valence-corrected chi connectivity index (χ2v) is 4.67. The Labute approximate surface area is 108 Å². The van der Waals surface area contributed by atoms with Crippen LogP contribution in [0.25, 0.3) is 0 Å². The number of carbonyl (C=O) groups is 3. The third-order valence-corrected chi connectivity index (χ3v) is 2.22. The molecule has 0 aromatic carbocycles. The number of ether oxygens (including phenoxy) is 2. The van der Waals surface area contributed by atoms with Gasteiger partial charge in [0.05, 0.1) is 6.61 Å². The van der Waals surface area contributed by atoms with Gasteiger partial charge in [-0.3, -0.25) is 14.4 Å². The standard InChI is InChI=1S/C13H22O5/c1-9(2)8-17-12(15)6-5-7-13(16)18-11(4)10(3)14/h9,11H,5-8H2,1-4H3. The van der Waals surface area contributed by atoms with E-state index in [0.717, 1.165) is 0 Å². The lowest BCUT2D eigenvalue weighted by atomic mass is 10.2. The van der Waals surface area contributed by atoms with Gasteiger partial charge in [-0.2, -0.15) is 0 Å². The molecule has 0 aliphatic heterocycles. The van der Waals surface area contributed by atoms with Crippen molar-refractivity contribution in [3.63, 3.8) is 0 Å². The highest BCUT2D eigenvalue weighted by atomic mass is 16.5. The molecule has 0 heterocycles. The van der Waals surface area contributed by atoms with Gasteiger partial charge >= 0.3 is 11.9 Å². The van der Waals surface area contributed by atoms with Crippen molar-refractivity contribution in [1.29, 1.82) is 0 Å². The first kappa shape index (κ1) is 16.6. The van der Waals surface area contributed by atoms with Gasteiger partial charge in [0.2, 0.25) is 0 Å². The Bertz CT molecular complexity index is 296. The van der Waals surface area contributed by atoms with E-state index in [4.69, 9.17) is 9.47 Å². The number of rotatable bonds is 8. The number of Topliss-reactive ketones (excluding diaryl/α,β-unsaturated/α-hetero) is 1. The average Bonchev–Trinajstić information content (AvgIpc) is 2.26. The van der Waals surface area contributed by atoms with E-state index in [1.54, 1.807) is 0 Å². The second-order valence-electron chi connectivity index (χ2n) is 4.67. The molecule has 0 saturated carbocycles. The van der Waals surface area contributed by atoms with Gasteiger partial charge in [0.25, 0.3) is 0 Å². The van der Waals surface area contributed by atoms with Crippen LogP contribution in [-0.2, 0) is 23.9 Å². The first-order valence-electron chi connectivity index (χ1n) is 6.18. The van der Waals surface area contributed by atoms with Crippen LogP contribution < -0.4 is 0 Å². The molecule has 0 spiro atoms. The van der Waals surface area contributed by atoms with Crippen molar-refractivity contribution >= 4 is 17.7 Å². The van der Waals surface area contributed by atoms with E-state index in [0.29, 0.717) is 18.9 Å². The summed E-state index contributed by atoms with van der Waals surface area (Å²) in [7, 11) is 0. The summed E-state index contributed by atoms with van der Waals surface area (Å²) in [5.41, 5.74) is 0. The molecular formula is C13H22O5. The number of carbonyl (C=O) groups excluding carboxylic acids is 3. The monoisotopic (exact) mass is 258 g/mol. The van der Waals surface area contributed by atoms with Gasteiger partial charge in [0, 0.05) is 12.8 Å². The minimum Gasteiger partial charge on any atom is -0.465 e. The summed E-state index contributed by atoms with van der Waals surface area (Å²) in [6.07, 6.45) is -0.0317. The molecule has 0 fully saturated rings. The highest BCUT2D eigenvalue weighted by Gasteiger charge is 2.14. The van der Waals surface area contributed by atoms with E-state index in [9.17, 15) is 14.4 Å². The van der Waals surface area contributed by atoms with Crippen molar-refractivity contribution < 1.29 is 23.9 Å². The Morgan fingerprint density at radius 1 is 1.00 bits per heavy atom. The van der Waals surface area contributed by atoms with Crippen molar-refractivity contribution in [2.75, 3.05) is 6.61 Å². The number of hydrogen-bond donors (Lipinski definition) is 0. The Morgan fingerprint density at radius 2 is 1.56 bits per heavy atom. The smallest absolute Gasteiger partial charge is 0.306 e. The van der Waals surface area contributed by atoms with Crippen LogP contribution >= 0.6 is 0 Å². The SMILES string of the molecule is CC(=O)C(C)OC(=O)CCCC(=O)OCC(C)C. The number of hydrogen-bond acceptors (Lipinski definition) is 5. The molecule has 0 radical (unpaired) electrons. The van der Waals surface area contributed by atoms with Crippen LogP contribution in [0.4, 0.5) is 0 Å². The maximum absolute atomic E-state index is 11.3. The molecule has 5 heteroatoms. The lowest BCUT2D eigenvalue weighted by Gasteiger charge is -2.10. The minimum absolute atomic E-state index is 0.119. The number of ketones is 1. The normalized spacial score (nSPS) is 12.1. The van der Waals surface area contributed by atoms with Gasteiger partial charge in [-0.05, 0) is 26.2 Å². The average molecular weight is 258 g/mol. The predicted octanol–water partition coefficient (Wildman–Crippen LogP) is 1.88. The van der Waals surface area contributed by atoms with Crippen LogP contribution in [0.3, 0.4) is 0 Å². The Balaban J connectivity index is 3.68.